The lowest BCUT2D eigenvalue weighted by molar-refractivity contribution is 0.0950. The van der Waals surface area contributed by atoms with Gasteiger partial charge in [-0.1, -0.05) is 30.3 Å². The maximum Gasteiger partial charge on any atom is 0.251 e. The van der Waals surface area contributed by atoms with Crippen LogP contribution in [0.15, 0.2) is 42.5 Å². The predicted octanol–water partition coefficient (Wildman–Crippen LogP) is 3.12. The van der Waals surface area contributed by atoms with Gasteiger partial charge in [-0.3, -0.25) is 4.79 Å². The zero-order valence-electron chi connectivity index (χ0n) is 13.4. The topological polar surface area (TPSA) is 50.4 Å². The number of carbonyl (C=O) groups is 1. The standard InChI is InChI=1S/C19H22N2O2/c1-23-13-15-6-2-5-14(11-15)12-21-19(22)17-7-3-9-18-16(17)8-4-10-20-18/h2-3,5-7,9,11,20H,4,8,10,12-13H2,1H3,(H,21,22). The molecule has 3 rings (SSSR count). The summed E-state index contributed by atoms with van der Waals surface area (Å²) in [7, 11) is 1.68. The minimum Gasteiger partial charge on any atom is -0.385 e. The third kappa shape index (κ3) is 3.71. The molecule has 4 heteroatoms. The predicted molar refractivity (Wildman–Crippen MR) is 91.6 cm³/mol. The van der Waals surface area contributed by atoms with Crippen molar-refractivity contribution in [2.45, 2.75) is 26.0 Å². The number of hydrogen-bond acceptors (Lipinski definition) is 3. The normalized spacial score (nSPS) is 13.1. The number of nitrogens with one attached hydrogen (secondary N) is 2. The lowest BCUT2D eigenvalue weighted by Crippen LogP contribution is -2.25. The molecule has 0 radical (unpaired) electrons. The van der Waals surface area contributed by atoms with Crippen LogP contribution < -0.4 is 10.6 Å². The van der Waals surface area contributed by atoms with Gasteiger partial charge in [0.25, 0.3) is 5.91 Å². The summed E-state index contributed by atoms with van der Waals surface area (Å²) in [5.74, 6) is -0.0114. The molecule has 0 fully saturated rings. The van der Waals surface area contributed by atoms with Crippen LogP contribution in [0.4, 0.5) is 5.69 Å². The van der Waals surface area contributed by atoms with E-state index in [4.69, 9.17) is 4.74 Å². The van der Waals surface area contributed by atoms with Gasteiger partial charge in [0.2, 0.25) is 0 Å². The molecule has 2 aromatic carbocycles. The second kappa shape index (κ2) is 7.29. The first-order valence-electron chi connectivity index (χ1n) is 7.98. The zero-order chi connectivity index (χ0) is 16.1. The summed E-state index contributed by atoms with van der Waals surface area (Å²) >= 11 is 0. The molecule has 0 saturated carbocycles. The molecule has 0 bridgehead atoms. The fourth-order valence-corrected chi connectivity index (χ4v) is 3.00. The molecular formula is C19H22N2O2. The molecule has 0 spiro atoms. The van der Waals surface area contributed by atoms with Gasteiger partial charge < -0.3 is 15.4 Å². The lowest BCUT2D eigenvalue weighted by Gasteiger charge is -2.20. The molecule has 0 aromatic heterocycles. The van der Waals surface area contributed by atoms with Crippen molar-refractivity contribution in [3.8, 4) is 0 Å². The van der Waals surface area contributed by atoms with E-state index < -0.39 is 0 Å². The molecule has 1 heterocycles. The van der Waals surface area contributed by atoms with Crippen molar-refractivity contribution in [2.75, 3.05) is 19.0 Å². The lowest BCUT2D eigenvalue weighted by atomic mass is 9.97. The number of methoxy groups -OCH3 is 1. The summed E-state index contributed by atoms with van der Waals surface area (Å²) in [4.78, 5) is 12.5. The molecule has 1 amide bonds. The molecule has 0 saturated heterocycles. The van der Waals surface area contributed by atoms with E-state index in [-0.39, 0.29) is 5.91 Å². The van der Waals surface area contributed by atoms with E-state index in [9.17, 15) is 4.79 Å². The number of anilines is 1. The van der Waals surface area contributed by atoms with E-state index in [1.165, 1.54) is 0 Å². The van der Waals surface area contributed by atoms with Crippen molar-refractivity contribution < 1.29 is 9.53 Å². The Morgan fingerprint density at radius 2 is 2.04 bits per heavy atom. The summed E-state index contributed by atoms with van der Waals surface area (Å²) in [6.45, 7) is 2.08. The van der Waals surface area contributed by atoms with Crippen LogP contribution >= 0.6 is 0 Å². The average Bonchev–Trinajstić information content (AvgIpc) is 2.60. The fraction of sp³-hybridized carbons (Fsp3) is 0.316. The fourth-order valence-electron chi connectivity index (χ4n) is 3.00. The van der Waals surface area contributed by atoms with Gasteiger partial charge in [-0.05, 0) is 41.7 Å². The maximum atomic E-state index is 12.5. The third-order valence-corrected chi connectivity index (χ3v) is 4.10. The quantitative estimate of drug-likeness (QED) is 0.892. The molecular weight excluding hydrogens is 288 g/mol. The van der Waals surface area contributed by atoms with Gasteiger partial charge in [-0.15, -0.1) is 0 Å². The molecule has 4 nitrogen and oxygen atoms in total. The Kier molecular flexibility index (Phi) is 4.93. The summed E-state index contributed by atoms with van der Waals surface area (Å²) in [6, 6.07) is 14.0. The van der Waals surface area contributed by atoms with Crippen molar-refractivity contribution in [1.29, 1.82) is 0 Å². The van der Waals surface area contributed by atoms with Crippen molar-refractivity contribution in [2.24, 2.45) is 0 Å². The Morgan fingerprint density at radius 1 is 1.22 bits per heavy atom. The molecule has 120 valence electrons. The molecule has 1 aliphatic rings. The average molecular weight is 310 g/mol. The Morgan fingerprint density at radius 3 is 2.91 bits per heavy atom. The molecule has 2 N–H and O–H groups in total. The zero-order valence-corrected chi connectivity index (χ0v) is 13.4. The maximum absolute atomic E-state index is 12.5. The van der Waals surface area contributed by atoms with Crippen LogP contribution in [0, 0.1) is 0 Å². The minimum absolute atomic E-state index is 0.0114. The van der Waals surface area contributed by atoms with E-state index in [1.807, 2.05) is 36.4 Å². The van der Waals surface area contributed by atoms with Gasteiger partial charge in [-0.2, -0.15) is 0 Å². The number of amides is 1. The van der Waals surface area contributed by atoms with E-state index in [1.54, 1.807) is 7.11 Å². The highest BCUT2D eigenvalue weighted by atomic mass is 16.5. The van der Waals surface area contributed by atoms with Crippen LogP contribution in [0.1, 0.15) is 33.5 Å². The van der Waals surface area contributed by atoms with Gasteiger partial charge >= 0.3 is 0 Å². The summed E-state index contributed by atoms with van der Waals surface area (Å²) < 4.78 is 5.15. The SMILES string of the molecule is COCc1cccc(CNC(=O)c2cccc3c2CCCN3)c1. The van der Waals surface area contributed by atoms with Crippen LogP contribution in [0.5, 0.6) is 0 Å². The number of carbonyl (C=O) groups excluding carboxylic acids is 1. The van der Waals surface area contributed by atoms with Crippen LogP contribution in [0.3, 0.4) is 0 Å². The van der Waals surface area contributed by atoms with Gasteiger partial charge in [0, 0.05) is 31.5 Å². The van der Waals surface area contributed by atoms with Crippen LogP contribution in [-0.4, -0.2) is 19.6 Å². The Bertz CT molecular complexity index is 698. The Hall–Kier alpha value is -2.33. The van der Waals surface area contributed by atoms with Gasteiger partial charge in [0.05, 0.1) is 6.61 Å². The monoisotopic (exact) mass is 310 g/mol. The van der Waals surface area contributed by atoms with Gasteiger partial charge in [0.1, 0.15) is 0 Å². The highest BCUT2D eigenvalue weighted by molar-refractivity contribution is 5.97. The van der Waals surface area contributed by atoms with E-state index >= 15 is 0 Å². The number of hydrogen-bond donors (Lipinski definition) is 2. The molecule has 0 atom stereocenters. The first-order valence-corrected chi connectivity index (χ1v) is 7.98. The van der Waals surface area contributed by atoms with Crippen molar-refractivity contribution >= 4 is 11.6 Å². The van der Waals surface area contributed by atoms with Crippen molar-refractivity contribution in [3.05, 3.63) is 64.7 Å². The Balaban J connectivity index is 1.69. The van der Waals surface area contributed by atoms with Gasteiger partial charge in [0.15, 0.2) is 0 Å². The first kappa shape index (κ1) is 15.6. The van der Waals surface area contributed by atoms with E-state index in [0.29, 0.717) is 13.2 Å². The largest absolute Gasteiger partial charge is 0.385 e. The number of benzene rings is 2. The molecule has 2 aromatic rings. The summed E-state index contributed by atoms with van der Waals surface area (Å²) in [5, 5.41) is 6.39. The summed E-state index contributed by atoms with van der Waals surface area (Å²) in [6.07, 6.45) is 2.02. The second-order valence-electron chi connectivity index (χ2n) is 5.80. The number of ether oxygens (including phenoxy) is 1. The molecule has 0 aliphatic carbocycles. The van der Waals surface area contributed by atoms with Gasteiger partial charge in [-0.25, -0.2) is 0 Å². The van der Waals surface area contributed by atoms with E-state index in [2.05, 4.69) is 16.7 Å². The minimum atomic E-state index is -0.0114. The molecule has 0 unspecified atom stereocenters. The Labute approximate surface area is 136 Å². The highest BCUT2D eigenvalue weighted by Gasteiger charge is 2.16. The smallest absolute Gasteiger partial charge is 0.251 e. The van der Waals surface area contributed by atoms with Crippen LogP contribution in [0.2, 0.25) is 0 Å². The van der Waals surface area contributed by atoms with Crippen molar-refractivity contribution in [1.82, 2.24) is 5.32 Å². The number of rotatable bonds is 5. The third-order valence-electron chi connectivity index (χ3n) is 4.10. The van der Waals surface area contributed by atoms with Crippen molar-refractivity contribution in [3.63, 3.8) is 0 Å². The second-order valence-corrected chi connectivity index (χ2v) is 5.80. The van der Waals surface area contributed by atoms with Crippen LogP contribution in [0.25, 0.3) is 0 Å². The summed E-state index contributed by atoms with van der Waals surface area (Å²) in [5.41, 5.74) is 5.19. The highest BCUT2D eigenvalue weighted by Crippen LogP contribution is 2.25. The molecule has 1 aliphatic heterocycles. The number of fused-ring (bicyclic) bond motifs is 1. The van der Waals surface area contributed by atoms with Crippen LogP contribution in [-0.2, 0) is 24.3 Å². The molecule has 23 heavy (non-hydrogen) atoms. The van der Waals surface area contributed by atoms with E-state index in [0.717, 1.165) is 47.3 Å². The first-order chi connectivity index (χ1) is 11.3.